The van der Waals surface area contributed by atoms with Crippen molar-refractivity contribution in [3.05, 3.63) is 96.3 Å². The Kier molecular flexibility index (Phi) is 10.0. The van der Waals surface area contributed by atoms with E-state index in [1.165, 1.54) is 25.7 Å². The highest BCUT2D eigenvalue weighted by Crippen LogP contribution is 2.47. The number of rotatable bonds is 12. The predicted octanol–water partition coefficient (Wildman–Crippen LogP) is 9.22. The summed E-state index contributed by atoms with van der Waals surface area (Å²) in [6, 6.07) is 25.1. The molecule has 0 amide bonds. The maximum Gasteiger partial charge on any atom is 0.242 e. The molecule has 10 heteroatoms. The molecule has 6 aliphatic heterocycles. The van der Waals surface area contributed by atoms with Gasteiger partial charge in [0, 0.05) is 47.4 Å². The first-order valence-corrected chi connectivity index (χ1v) is 21.5. The van der Waals surface area contributed by atoms with Gasteiger partial charge in [0.15, 0.2) is 0 Å². The summed E-state index contributed by atoms with van der Waals surface area (Å²) < 4.78 is 26.0. The number of fused-ring (bicyclic) bond motifs is 9. The average Bonchev–Trinajstić information content (AvgIpc) is 3.29. The van der Waals surface area contributed by atoms with Gasteiger partial charge in [-0.1, -0.05) is 38.8 Å². The lowest BCUT2D eigenvalue weighted by Gasteiger charge is -2.52. The minimum Gasteiger partial charge on any atom is -0.497 e. The summed E-state index contributed by atoms with van der Waals surface area (Å²) in [5.41, 5.74) is 4.01. The second-order valence-corrected chi connectivity index (χ2v) is 17.0. The highest BCUT2D eigenvalue weighted by atomic mass is 16.5. The van der Waals surface area contributed by atoms with E-state index in [1.807, 2.05) is 36.7 Å². The van der Waals surface area contributed by atoms with E-state index in [0.717, 1.165) is 94.2 Å². The third-order valence-corrected chi connectivity index (χ3v) is 14.3. The van der Waals surface area contributed by atoms with Gasteiger partial charge in [-0.3, -0.25) is 19.8 Å². The van der Waals surface area contributed by atoms with Crippen LogP contribution in [0.25, 0.3) is 32.6 Å². The van der Waals surface area contributed by atoms with E-state index in [2.05, 4.69) is 72.2 Å². The Morgan fingerprint density at radius 2 is 1.07 bits per heavy atom. The molecule has 0 saturated carbocycles. The molecule has 12 rings (SSSR count). The van der Waals surface area contributed by atoms with Gasteiger partial charge in [-0.25, -0.2) is 0 Å². The van der Waals surface area contributed by atoms with Crippen molar-refractivity contribution in [2.24, 2.45) is 23.7 Å². The Morgan fingerprint density at radius 3 is 1.47 bits per heavy atom. The van der Waals surface area contributed by atoms with Crippen molar-refractivity contribution in [2.45, 2.75) is 76.7 Å². The molecule has 0 spiro atoms. The Labute approximate surface area is 340 Å². The second kappa shape index (κ2) is 15.6. The maximum atomic E-state index is 7.30. The zero-order valence-electron chi connectivity index (χ0n) is 34.1. The normalized spacial score (nSPS) is 27.4. The van der Waals surface area contributed by atoms with Gasteiger partial charge in [-0.15, -0.1) is 10.2 Å². The number of pyridine rings is 2. The summed E-state index contributed by atoms with van der Waals surface area (Å²) in [4.78, 5) is 14.8. The number of benzene rings is 3. The van der Waals surface area contributed by atoms with Crippen molar-refractivity contribution in [1.82, 2.24) is 30.0 Å². The standard InChI is InChI=1S/C48H54N6O4/c1-5-29-27-53-21-17-31(29)23-43(53)45(35-15-19-49-41-13-11-33(55-3)25-39(35)41)57-47-37-9-7-8-10-38(37)48(52-51-47)58-46(44-24-32-18-22-54(44)28-30(32)6-2)36-16-20-50-42-14-12-34(56-4)26-40(36)42/h7-16,19-20,25-26,29-32,43-46H,5-6,17-18,21-24,27-28H2,1-4H3/t29?,30?,31-,32+,43+,44-,45?,46?. The molecule has 6 saturated heterocycles. The van der Waals surface area contributed by atoms with Crippen LogP contribution in [0.4, 0.5) is 0 Å². The highest BCUT2D eigenvalue weighted by molar-refractivity contribution is 5.91. The first-order valence-electron chi connectivity index (χ1n) is 21.5. The van der Waals surface area contributed by atoms with Crippen LogP contribution in [-0.2, 0) is 0 Å². The fourth-order valence-electron chi connectivity index (χ4n) is 11.1. The van der Waals surface area contributed by atoms with Gasteiger partial charge < -0.3 is 18.9 Å². The quantitative estimate of drug-likeness (QED) is 0.120. The average molecular weight is 779 g/mol. The van der Waals surface area contributed by atoms with Gasteiger partial charge >= 0.3 is 0 Å². The molecule has 300 valence electrons. The minimum absolute atomic E-state index is 0.180. The number of ether oxygens (including phenoxy) is 4. The number of hydrogen-bond acceptors (Lipinski definition) is 10. The van der Waals surface area contributed by atoms with Gasteiger partial charge in [0.05, 0.1) is 48.1 Å². The van der Waals surface area contributed by atoms with Gasteiger partial charge in [0.2, 0.25) is 11.8 Å². The monoisotopic (exact) mass is 778 g/mol. The molecule has 6 aliphatic rings. The van der Waals surface area contributed by atoms with E-state index in [9.17, 15) is 0 Å². The van der Waals surface area contributed by atoms with Crippen molar-refractivity contribution >= 4 is 32.6 Å². The molecule has 9 heterocycles. The smallest absolute Gasteiger partial charge is 0.242 e. The summed E-state index contributed by atoms with van der Waals surface area (Å²) in [6.45, 7) is 9.00. The molecule has 58 heavy (non-hydrogen) atoms. The maximum absolute atomic E-state index is 7.30. The molecular formula is C48H54N6O4. The molecular weight excluding hydrogens is 725 g/mol. The molecule has 6 aromatic rings. The fraction of sp³-hybridized carbons (Fsp3) is 0.458. The van der Waals surface area contributed by atoms with E-state index in [4.69, 9.17) is 39.1 Å². The minimum atomic E-state index is -0.300. The van der Waals surface area contributed by atoms with E-state index < -0.39 is 0 Å². The number of hydrogen-bond donors (Lipinski definition) is 0. The third-order valence-electron chi connectivity index (χ3n) is 14.3. The Morgan fingerprint density at radius 1 is 0.603 bits per heavy atom. The van der Waals surface area contributed by atoms with Crippen LogP contribution in [0.1, 0.15) is 75.7 Å². The van der Waals surface area contributed by atoms with E-state index >= 15 is 0 Å². The summed E-state index contributed by atoms with van der Waals surface area (Å²) in [5.74, 6) is 5.39. The molecule has 0 aliphatic carbocycles. The largest absolute Gasteiger partial charge is 0.497 e. The van der Waals surface area contributed by atoms with Crippen LogP contribution < -0.4 is 18.9 Å². The van der Waals surface area contributed by atoms with Gasteiger partial charge in [-0.05, 0) is 123 Å². The molecule has 0 N–H and O–H groups in total. The zero-order chi connectivity index (χ0) is 39.3. The first-order chi connectivity index (χ1) is 28.5. The van der Waals surface area contributed by atoms with Crippen LogP contribution in [0.2, 0.25) is 0 Å². The predicted molar refractivity (Wildman–Crippen MR) is 227 cm³/mol. The summed E-state index contributed by atoms with van der Waals surface area (Å²) in [6.07, 6.45) is 10.2. The van der Waals surface area contributed by atoms with Crippen molar-refractivity contribution in [3.63, 3.8) is 0 Å². The van der Waals surface area contributed by atoms with Crippen LogP contribution in [-0.4, -0.2) is 82.4 Å². The molecule has 4 bridgehead atoms. The van der Waals surface area contributed by atoms with Crippen LogP contribution >= 0.6 is 0 Å². The number of piperidine rings is 6. The fourth-order valence-corrected chi connectivity index (χ4v) is 11.1. The molecule has 6 fully saturated rings. The Hall–Kier alpha value is -5.06. The number of methoxy groups -OCH3 is 2. The Balaban J connectivity index is 1.06. The molecule has 3 aromatic heterocycles. The van der Waals surface area contributed by atoms with Crippen molar-refractivity contribution in [1.29, 1.82) is 0 Å². The van der Waals surface area contributed by atoms with Gasteiger partial charge in [0.25, 0.3) is 0 Å². The molecule has 10 nitrogen and oxygen atoms in total. The van der Waals surface area contributed by atoms with E-state index in [0.29, 0.717) is 35.4 Å². The van der Waals surface area contributed by atoms with E-state index in [1.54, 1.807) is 14.2 Å². The summed E-state index contributed by atoms with van der Waals surface area (Å²) in [5, 5.41) is 13.7. The van der Waals surface area contributed by atoms with Crippen molar-refractivity contribution < 1.29 is 18.9 Å². The van der Waals surface area contributed by atoms with Crippen LogP contribution in [0.15, 0.2) is 85.2 Å². The summed E-state index contributed by atoms with van der Waals surface area (Å²) >= 11 is 0. The van der Waals surface area contributed by atoms with Crippen LogP contribution in [0.5, 0.6) is 23.3 Å². The molecule has 3 aromatic carbocycles. The van der Waals surface area contributed by atoms with Crippen molar-refractivity contribution in [3.8, 4) is 23.3 Å². The van der Waals surface area contributed by atoms with E-state index in [-0.39, 0.29) is 24.3 Å². The Bertz CT molecular complexity index is 2280. The molecule has 10 atom stereocenters. The lowest BCUT2D eigenvalue weighted by atomic mass is 9.72. The second-order valence-electron chi connectivity index (χ2n) is 17.0. The number of nitrogens with zero attached hydrogens (tertiary/aromatic N) is 6. The topological polar surface area (TPSA) is 95.0 Å². The van der Waals surface area contributed by atoms with Crippen LogP contribution in [0.3, 0.4) is 0 Å². The van der Waals surface area contributed by atoms with Crippen LogP contribution in [0, 0.1) is 23.7 Å². The molecule has 0 radical (unpaired) electrons. The highest BCUT2D eigenvalue weighted by Gasteiger charge is 2.46. The molecule has 6 unspecified atom stereocenters. The zero-order valence-corrected chi connectivity index (χ0v) is 34.1. The SMILES string of the molecule is CCC1CN2CC[C@@H]1C[C@H]2C(Oc1nnc(OC(c2ccnc3ccc(OC)cc23)[C@H]2C[C@@H]3CCN2CC3CC)c2ccccc12)c1ccnc2ccc(OC)cc12. The van der Waals surface area contributed by atoms with Gasteiger partial charge in [-0.2, -0.15) is 0 Å². The lowest BCUT2D eigenvalue weighted by Crippen LogP contribution is -2.56. The first kappa shape index (κ1) is 37.2. The lowest BCUT2D eigenvalue weighted by molar-refractivity contribution is -0.0505. The van der Waals surface area contributed by atoms with Crippen molar-refractivity contribution in [2.75, 3.05) is 40.4 Å². The summed E-state index contributed by atoms with van der Waals surface area (Å²) in [7, 11) is 3.42. The van der Waals surface area contributed by atoms with Gasteiger partial charge in [0.1, 0.15) is 23.7 Å². The third kappa shape index (κ3) is 6.58. The number of aromatic nitrogens is 4.